The third-order valence-electron chi connectivity index (χ3n) is 2.01. The van der Waals surface area contributed by atoms with Crippen LogP contribution in [-0.4, -0.2) is 4.57 Å². The monoisotopic (exact) mass is 151 g/mol. The van der Waals surface area contributed by atoms with Crippen LogP contribution < -0.4 is 0 Å². The summed E-state index contributed by atoms with van der Waals surface area (Å²) in [5.74, 6) is 0. The van der Waals surface area contributed by atoms with Crippen LogP contribution in [0.15, 0.2) is 18.3 Å². The highest BCUT2D eigenvalue weighted by atomic mass is 15.0. The molecule has 0 atom stereocenters. The number of aryl methyl sites for hydroxylation is 2. The first-order valence-corrected chi connectivity index (χ1v) is 4.61. The van der Waals surface area contributed by atoms with E-state index in [1.807, 2.05) is 13.8 Å². The standard InChI is InChI=1S/C8H11N.C2H6/c1-2-6-9-7-3-5-8(9)4-1;1-2/h3,5,7H,1-2,4,6H2;1-2H3. The largest absolute Gasteiger partial charge is 0.351 e. The fourth-order valence-corrected chi connectivity index (χ4v) is 1.48. The van der Waals surface area contributed by atoms with Crippen LogP contribution in [0.2, 0.25) is 0 Å². The Balaban J connectivity index is 0.000000281. The van der Waals surface area contributed by atoms with Crippen molar-refractivity contribution in [1.29, 1.82) is 0 Å². The molecule has 0 aliphatic carbocycles. The zero-order chi connectivity index (χ0) is 8.10. The summed E-state index contributed by atoms with van der Waals surface area (Å²) in [6, 6.07) is 4.36. The molecule has 0 N–H and O–H groups in total. The van der Waals surface area contributed by atoms with Crippen LogP contribution in [0, 0.1) is 0 Å². The highest BCUT2D eigenvalue weighted by Gasteiger charge is 2.04. The summed E-state index contributed by atoms with van der Waals surface area (Å²) in [6.07, 6.45) is 6.20. The molecule has 1 nitrogen and oxygen atoms in total. The fourth-order valence-electron chi connectivity index (χ4n) is 1.48. The van der Waals surface area contributed by atoms with Crippen molar-refractivity contribution in [2.24, 2.45) is 0 Å². The zero-order valence-corrected chi connectivity index (χ0v) is 7.51. The Morgan fingerprint density at radius 2 is 2.09 bits per heavy atom. The Morgan fingerprint density at radius 3 is 2.82 bits per heavy atom. The van der Waals surface area contributed by atoms with E-state index >= 15 is 0 Å². The summed E-state index contributed by atoms with van der Waals surface area (Å²) in [5.41, 5.74) is 1.52. The average Bonchev–Trinajstić information content (AvgIpc) is 2.55. The maximum atomic E-state index is 2.35. The predicted molar refractivity (Wildman–Crippen MR) is 48.7 cm³/mol. The number of fused-ring (bicyclic) bond motifs is 1. The second-order valence-corrected chi connectivity index (χ2v) is 2.65. The van der Waals surface area contributed by atoms with E-state index in [0.717, 1.165) is 0 Å². The molecule has 0 radical (unpaired) electrons. The summed E-state index contributed by atoms with van der Waals surface area (Å²) in [4.78, 5) is 0. The van der Waals surface area contributed by atoms with Crippen LogP contribution in [0.25, 0.3) is 0 Å². The van der Waals surface area contributed by atoms with E-state index in [-0.39, 0.29) is 0 Å². The Labute approximate surface area is 69.0 Å². The fraction of sp³-hybridized carbons (Fsp3) is 0.600. The summed E-state index contributed by atoms with van der Waals surface area (Å²) in [7, 11) is 0. The van der Waals surface area contributed by atoms with E-state index in [2.05, 4.69) is 22.9 Å². The van der Waals surface area contributed by atoms with Crippen molar-refractivity contribution in [2.45, 2.75) is 39.7 Å². The molecule has 1 aliphatic heterocycles. The van der Waals surface area contributed by atoms with E-state index in [1.165, 1.54) is 31.5 Å². The van der Waals surface area contributed by atoms with Gasteiger partial charge in [0.1, 0.15) is 0 Å². The number of hydrogen-bond donors (Lipinski definition) is 0. The lowest BCUT2D eigenvalue weighted by Gasteiger charge is -2.13. The van der Waals surface area contributed by atoms with E-state index in [0.29, 0.717) is 0 Å². The highest BCUT2D eigenvalue weighted by Crippen LogP contribution is 2.13. The molecule has 0 spiro atoms. The molecule has 0 bridgehead atoms. The van der Waals surface area contributed by atoms with Gasteiger partial charge in [-0.05, 0) is 31.4 Å². The molecule has 0 amide bonds. The number of nitrogens with zero attached hydrogens (tertiary/aromatic N) is 1. The molecule has 11 heavy (non-hydrogen) atoms. The van der Waals surface area contributed by atoms with Gasteiger partial charge < -0.3 is 4.57 Å². The normalized spacial score (nSPS) is 14.7. The Hall–Kier alpha value is -0.720. The van der Waals surface area contributed by atoms with Gasteiger partial charge in [0.2, 0.25) is 0 Å². The van der Waals surface area contributed by atoms with Gasteiger partial charge in [0, 0.05) is 18.4 Å². The van der Waals surface area contributed by atoms with Crippen molar-refractivity contribution in [3.05, 3.63) is 24.0 Å². The van der Waals surface area contributed by atoms with Gasteiger partial charge in [-0.15, -0.1) is 0 Å². The minimum absolute atomic E-state index is 1.24. The Morgan fingerprint density at radius 1 is 1.27 bits per heavy atom. The van der Waals surface area contributed by atoms with E-state index in [9.17, 15) is 0 Å². The maximum absolute atomic E-state index is 2.35. The van der Waals surface area contributed by atoms with Gasteiger partial charge in [0.05, 0.1) is 0 Å². The molecule has 1 aliphatic rings. The van der Waals surface area contributed by atoms with Gasteiger partial charge in [-0.3, -0.25) is 0 Å². The molecule has 0 saturated carbocycles. The topological polar surface area (TPSA) is 4.93 Å². The summed E-state index contributed by atoms with van der Waals surface area (Å²) >= 11 is 0. The summed E-state index contributed by atoms with van der Waals surface area (Å²) in [6.45, 7) is 5.24. The molecular formula is C10H17N. The van der Waals surface area contributed by atoms with Gasteiger partial charge in [-0.25, -0.2) is 0 Å². The smallest absolute Gasteiger partial charge is 0.0222 e. The lowest BCUT2D eigenvalue weighted by molar-refractivity contribution is 0.533. The number of rotatable bonds is 0. The van der Waals surface area contributed by atoms with Crippen LogP contribution in [-0.2, 0) is 13.0 Å². The lowest BCUT2D eigenvalue weighted by Crippen LogP contribution is -2.07. The SMILES string of the molecule is CC.c1cc2n(c1)CCCC2. The molecule has 1 aromatic rings. The van der Waals surface area contributed by atoms with Crippen LogP contribution in [0.1, 0.15) is 32.4 Å². The van der Waals surface area contributed by atoms with Crippen LogP contribution in [0.5, 0.6) is 0 Å². The number of hydrogen-bond acceptors (Lipinski definition) is 0. The quantitative estimate of drug-likeness (QED) is 0.537. The van der Waals surface area contributed by atoms with Gasteiger partial charge in [0.15, 0.2) is 0 Å². The van der Waals surface area contributed by atoms with Gasteiger partial charge >= 0.3 is 0 Å². The highest BCUT2D eigenvalue weighted by molar-refractivity contribution is 5.08. The molecule has 2 rings (SSSR count). The zero-order valence-electron chi connectivity index (χ0n) is 7.51. The van der Waals surface area contributed by atoms with E-state index in [4.69, 9.17) is 0 Å². The number of aromatic nitrogens is 1. The minimum atomic E-state index is 1.24. The summed E-state index contributed by atoms with van der Waals surface area (Å²) in [5, 5.41) is 0. The molecule has 0 aromatic carbocycles. The lowest BCUT2D eigenvalue weighted by atomic mass is 10.1. The first-order chi connectivity index (χ1) is 5.47. The Bertz CT molecular complexity index is 180. The van der Waals surface area contributed by atoms with Crippen molar-refractivity contribution in [3.8, 4) is 0 Å². The van der Waals surface area contributed by atoms with Crippen LogP contribution in [0.3, 0.4) is 0 Å². The minimum Gasteiger partial charge on any atom is -0.351 e. The van der Waals surface area contributed by atoms with Gasteiger partial charge in [-0.1, -0.05) is 13.8 Å². The first-order valence-electron chi connectivity index (χ1n) is 4.61. The molecule has 62 valence electrons. The van der Waals surface area contributed by atoms with Gasteiger partial charge in [0.25, 0.3) is 0 Å². The van der Waals surface area contributed by atoms with Crippen molar-refractivity contribution in [1.82, 2.24) is 4.57 Å². The van der Waals surface area contributed by atoms with E-state index < -0.39 is 0 Å². The van der Waals surface area contributed by atoms with Crippen LogP contribution >= 0.6 is 0 Å². The molecule has 1 aromatic heterocycles. The molecule has 1 heteroatoms. The average molecular weight is 151 g/mol. The molecule has 0 fully saturated rings. The molecule has 0 saturated heterocycles. The van der Waals surface area contributed by atoms with Crippen molar-refractivity contribution in [3.63, 3.8) is 0 Å². The van der Waals surface area contributed by atoms with E-state index in [1.54, 1.807) is 0 Å². The second-order valence-electron chi connectivity index (χ2n) is 2.65. The maximum Gasteiger partial charge on any atom is 0.0222 e. The third kappa shape index (κ3) is 1.86. The Kier molecular flexibility index (Phi) is 3.21. The van der Waals surface area contributed by atoms with Crippen molar-refractivity contribution < 1.29 is 0 Å². The summed E-state index contributed by atoms with van der Waals surface area (Å²) < 4.78 is 2.35. The van der Waals surface area contributed by atoms with Crippen LogP contribution in [0.4, 0.5) is 0 Å². The molecule has 2 heterocycles. The van der Waals surface area contributed by atoms with Crippen molar-refractivity contribution >= 4 is 0 Å². The second kappa shape index (κ2) is 4.22. The molecular weight excluding hydrogens is 134 g/mol. The first kappa shape index (κ1) is 8.38. The predicted octanol–water partition coefficient (Wildman–Crippen LogP) is 2.85. The van der Waals surface area contributed by atoms with Gasteiger partial charge in [-0.2, -0.15) is 0 Å². The van der Waals surface area contributed by atoms with Crippen molar-refractivity contribution in [2.75, 3.05) is 0 Å². The molecule has 0 unspecified atom stereocenters. The third-order valence-corrected chi connectivity index (χ3v) is 2.01.